The first-order chi connectivity index (χ1) is 10.4. The van der Waals surface area contributed by atoms with Crippen LogP contribution in [-0.2, 0) is 28.3 Å². The summed E-state index contributed by atoms with van der Waals surface area (Å²) < 4.78 is 0. The van der Waals surface area contributed by atoms with Crippen LogP contribution in [0.2, 0.25) is 0 Å². The van der Waals surface area contributed by atoms with E-state index in [0.717, 1.165) is 13.0 Å². The molecule has 0 fully saturated rings. The van der Waals surface area contributed by atoms with Gasteiger partial charge in [0.25, 0.3) is 0 Å². The van der Waals surface area contributed by atoms with Crippen LogP contribution >= 0.6 is 0 Å². The Labute approximate surface area is 179 Å². The molecule has 0 amide bonds. The summed E-state index contributed by atoms with van der Waals surface area (Å²) in [6.45, 7) is 9.44. The molecule has 3 rings (SSSR count). The van der Waals surface area contributed by atoms with E-state index in [-0.39, 0.29) is 52.1 Å². The normalized spacial score (nSPS) is 13.3. The van der Waals surface area contributed by atoms with Gasteiger partial charge in [0.1, 0.15) is 0 Å². The molecule has 1 aliphatic carbocycles. The summed E-state index contributed by atoms with van der Waals surface area (Å²) in [5.74, 6) is 0. The monoisotopic (exact) mass is 408 g/mol. The Bertz CT molecular complexity index is 773. The molecule has 0 aliphatic heterocycles. The average molecular weight is 409 g/mol. The van der Waals surface area contributed by atoms with Gasteiger partial charge < -0.3 is 30.1 Å². The molecule has 131 valence electrons. The van der Waals surface area contributed by atoms with Crippen molar-refractivity contribution in [3.63, 3.8) is 0 Å². The summed E-state index contributed by atoms with van der Waals surface area (Å²) in [6.07, 6.45) is 5.65. The van der Waals surface area contributed by atoms with Crippen LogP contribution in [0.25, 0.3) is 21.7 Å². The van der Waals surface area contributed by atoms with Gasteiger partial charge in [0.2, 0.25) is 0 Å². The number of benzene rings is 2. The molecule has 1 nitrogen and oxygen atoms in total. The summed E-state index contributed by atoms with van der Waals surface area (Å²) in [5.41, 5.74) is 5.50. The van der Waals surface area contributed by atoms with Crippen LogP contribution in [0.15, 0.2) is 54.1 Å². The molecule has 1 radical (unpaired) electrons. The van der Waals surface area contributed by atoms with Crippen molar-refractivity contribution < 1.29 is 46.5 Å². The predicted octanol–water partition coefficient (Wildman–Crippen LogP) is 0.251. The second kappa shape index (κ2) is 9.95. The third kappa shape index (κ3) is 5.98. The number of hydrogen-bond acceptors (Lipinski definition) is 0. The van der Waals surface area contributed by atoms with E-state index in [1.807, 2.05) is 0 Å². The maximum atomic E-state index is 4.88. The maximum Gasteiger partial charge on any atom is 3.00 e. The van der Waals surface area contributed by atoms with E-state index in [4.69, 9.17) is 5.32 Å². The summed E-state index contributed by atoms with van der Waals surface area (Å²) in [7, 11) is 0. The Morgan fingerprint density at radius 2 is 1.68 bits per heavy atom. The van der Waals surface area contributed by atoms with Crippen molar-refractivity contribution in [2.75, 3.05) is 0 Å². The summed E-state index contributed by atoms with van der Waals surface area (Å²) in [4.78, 5) is 0. The van der Waals surface area contributed by atoms with Crippen LogP contribution in [-0.4, -0.2) is 5.54 Å². The van der Waals surface area contributed by atoms with Crippen molar-refractivity contribution >= 4 is 16.3 Å². The van der Waals surface area contributed by atoms with Gasteiger partial charge >= 0.3 is 21.7 Å². The molecular weight excluding hydrogens is 385 g/mol. The van der Waals surface area contributed by atoms with E-state index >= 15 is 0 Å². The fourth-order valence-electron chi connectivity index (χ4n) is 2.97. The van der Waals surface area contributed by atoms with E-state index in [9.17, 15) is 0 Å². The second-order valence-corrected chi connectivity index (χ2v) is 7.12. The van der Waals surface area contributed by atoms with Gasteiger partial charge in [-0.2, -0.15) is 0 Å². The average Bonchev–Trinajstić information content (AvgIpc) is 2.90. The number of allylic oxidation sites excluding steroid dienone is 4. The zero-order valence-electron chi connectivity index (χ0n) is 15.2. The number of rotatable bonds is 3. The molecule has 2 aromatic rings. The van der Waals surface area contributed by atoms with E-state index in [1.165, 1.54) is 33.0 Å². The van der Waals surface area contributed by atoms with Gasteiger partial charge in [-0.3, -0.25) is 0 Å². The van der Waals surface area contributed by atoms with Crippen molar-refractivity contribution in [3.8, 4) is 0 Å². The minimum Gasteiger partial charge on any atom is -1.00 e. The predicted molar refractivity (Wildman–Crippen MR) is 97.1 cm³/mol. The third-order valence-corrected chi connectivity index (χ3v) is 4.14. The molecule has 0 bridgehead atoms. The quantitative estimate of drug-likeness (QED) is 0.646. The molecule has 1 aliphatic rings. The molecule has 0 N–H and O–H groups in total. The van der Waals surface area contributed by atoms with Crippen LogP contribution in [0.1, 0.15) is 45.2 Å². The molecule has 0 saturated heterocycles. The summed E-state index contributed by atoms with van der Waals surface area (Å²) in [6, 6.07) is 13.1. The van der Waals surface area contributed by atoms with Gasteiger partial charge in [-0.1, -0.05) is 80.5 Å². The molecule has 4 heteroatoms. The molecule has 2 aromatic carbocycles. The number of fused-ring (bicyclic) bond motifs is 1. The van der Waals surface area contributed by atoms with Gasteiger partial charge in [0, 0.05) is 0 Å². The van der Waals surface area contributed by atoms with Gasteiger partial charge in [-0.15, -0.1) is 12.1 Å². The summed E-state index contributed by atoms with van der Waals surface area (Å²) in [5, 5.41) is 7.52. The maximum absolute atomic E-state index is 4.88. The molecule has 0 aromatic heterocycles. The molecule has 0 spiro atoms. The summed E-state index contributed by atoms with van der Waals surface area (Å²) >= 11 is 0. The van der Waals surface area contributed by atoms with Crippen molar-refractivity contribution in [2.24, 2.45) is 0 Å². The van der Waals surface area contributed by atoms with Crippen molar-refractivity contribution in [1.82, 2.24) is 0 Å². The first-order valence-electron chi connectivity index (χ1n) is 8.01. The molecule has 0 heterocycles. The standard InChI is InChI=1S/C21H24N.2ClH.Ti/c1-15-9-10-17(13-15)19-12-11-16-7-5-6-8-18(16)20(19)14-22-21(2,3)4;;;/h5-9,11-13H,10,14H2,1-4H3;2*1H;/q-1;;;+3/p-2. The van der Waals surface area contributed by atoms with Crippen LogP contribution in [0.4, 0.5) is 0 Å². The van der Waals surface area contributed by atoms with Crippen LogP contribution in [0.5, 0.6) is 0 Å². The molecule has 0 unspecified atom stereocenters. The first-order valence-corrected chi connectivity index (χ1v) is 8.01. The topological polar surface area (TPSA) is 14.1 Å². The fourth-order valence-corrected chi connectivity index (χ4v) is 2.97. The van der Waals surface area contributed by atoms with Gasteiger partial charge in [-0.05, 0) is 35.3 Å². The largest absolute Gasteiger partial charge is 3.00 e. The Kier molecular flexibility index (Phi) is 9.72. The molecule has 0 saturated carbocycles. The van der Waals surface area contributed by atoms with E-state index < -0.39 is 0 Å². The molecule has 0 atom stereocenters. The van der Waals surface area contributed by atoms with Gasteiger partial charge in [0.15, 0.2) is 0 Å². The van der Waals surface area contributed by atoms with Crippen LogP contribution < -0.4 is 24.8 Å². The van der Waals surface area contributed by atoms with Gasteiger partial charge in [0.05, 0.1) is 0 Å². The van der Waals surface area contributed by atoms with E-state index in [2.05, 4.69) is 76.2 Å². The third-order valence-electron chi connectivity index (χ3n) is 4.14. The minimum atomic E-state index is -0.00750. The molecular formula is C21H24Cl2NTi. The second-order valence-electron chi connectivity index (χ2n) is 7.12. The fraction of sp³-hybridized carbons (Fsp3) is 0.333. The first kappa shape index (κ1) is 24.4. The number of halogens is 2. The molecule has 25 heavy (non-hydrogen) atoms. The number of nitrogens with zero attached hydrogens (tertiary/aromatic N) is 1. The Balaban J connectivity index is 0.00000192. The smallest absolute Gasteiger partial charge is 1.00 e. The van der Waals surface area contributed by atoms with Crippen LogP contribution in [0, 0.1) is 0 Å². The van der Waals surface area contributed by atoms with Gasteiger partial charge in [-0.25, -0.2) is 0 Å². The SMILES string of the molecule is CC1=CCC(c2ccc3ccccc3c2C[N-]C(C)(C)C)=C1.[Cl-].[Cl-].[Ti+3]. The van der Waals surface area contributed by atoms with E-state index in [1.54, 1.807) is 0 Å². The Hall–Kier alpha value is -0.566. The van der Waals surface area contributed by atoms with Crippen molar-refractivity contribution in [3.05, 3.63) is 70.6 Å². The van der Waals surface area contributed by atoms with Crippen molar-refractivity contribution in [1.29, 1.82) is 0 Å². The van der Waals surface area contributed by atoms with E-state index in [0.29, 0.717) is 0 Å². The number of hydrogen-bond donors (Lipinski definition) is 0. The Morgan fingerprint density at radius 3 is 2.28 bits per heavy atom. The zero-order chi connectivity index (χ0) is 15.7. The van der Waals surface area contributed by atoms with Crippen LogP contribution in [0.3, 0.4) is 0 Å². The zero-order valence-corrected chi connectivity index (χ0v) is 18.3. The minimum absolute atomic E-state index is 0. The Morgan fingerprint density at radius 1 is 1.00 bits per heavy atom. The van der Waals surface area contributed by atoms with Crippen molar-refractivity contribution in [2.45, 2.75) is 46.2 Å².